The molecule has 31 heavy (non-hydrogen) atoms. The molecule has 2 aromatic rings. The van der Waals surface area contributed by atoms with Crippen molar-refractivity contribution in [3.8, 4) is 5.75 Å². The maximum atomic E-state index is 6.09. The molecule has 3 rings (SSSR count). The topological polar surface area (TPSA) is 71.0 Å². The van der Waals surface area contributed by atoms with Gasteiger partial charge < -0.3 is 25.0 Å². The summed E-state index contributed by atoms with van der Waals surface area (Å²) >= 11 is 0. The molecule has 1 atom stereocenters. The maximum absolute atomic E-state index is 6.09. The van der Waals surface area contributed by atoms with Crippen LogP contribution >= 0.6 is 0 Å². The number of pyridine rings is 1. The van der Waals surface area contributed by atoms with Crippen LogP contribution in [0.1, 0.15) is 38.8 Å². The molecule has 1 aliphatic rings. The predicted octanol–water partition coefficient (Wildman–Crippen LogP) is 3.35. The standard InChI is InChI=1S/C24H35N5O2/c1-18-17-29(12-13-30-18)22-14-19(10-11-26-22)15-27-23(25-5)28-16-20-8-6-7-9-21(20)31-24(2,3)4/h6-11,14,18H,12-13,15-17H2,1-5H3,(H2,25,27,28). The molecule has 1 aromatic carbocycles. The van der Waals surface area contributed by atoms with Gasteiger partial charge in [-0.15, -0.1) is 0 Å². The molecule has 0 spiro atoms. The first-order valence-corrected chi connectivity index (χ1v) is 10.9. The summed E-state index contributed by atoms with van der Waals surface area (Å²) < 4.78 is 11.7. The van der Waals surface area contributed by atoms with E-state index < -0.39 is 0 Å². The van der Waals surface area contributed by atoms with Crippen molar-refractivity contribution < 1.29 is 9.47 Å². The van der Waals surface area contributed by atoms with Gasteiger partial charge in [-0.1, -0.05) is 18.2 Å². The Morgan fingerprint density at radius 1 is 1.23 bits per heavy atom. The van der Waals surface area contributed by atoms with E-state index in [0.29, 0.717) is 13.1 Å². The van der Waals surface area contributed by atoms with Crippen LogP contribution in [0.2, 0.25) is 0 Å². The molecule has 1 fully saturated rings. The fraction of sp³-hybridized carbons (Fsp3) is 0.500. The fourth-order valence-corrected chi connectivity index (χ4v) is 3.43. The van der Waals surface area contributed by atoms with E-state index in [1.165, 1.54) is 0 Å². The van der Waals surface area contributed by atoms with E-state index in [0.717, 1.165) is 48.4 Å². The largest absolute Gasteiger partial charge is 0.488 e. The zero-order chi connectivity index (χ0) is 22.3. The molecule has 168 valence electrons. The second kappa shape index (κ2) is 10.5. The van der Waals surface area contributed by atoms with Crippen LogP contribution in [0.3, 0.4) is 0 Å². The molecule has 0 bridgehead atoms. The number of guanidine groups is 1. The first kappa shape index (κ1) is 22.9. The lowest BCUT2D eigenvalue weighted by molar-refractivity contribution is 0.0529. The molecule has 2 heterocycles. The van der Waals surface area contributed by atoms with Gasteiger partial charge in [-0.2, -0.15) is 0 Å². The van der Waals surface area contributed by atoms with Crippen molar-refractivity contribution in [3.63, 3.8) is 0 Å². The van der Waals surface area contributed by atoms with Gasteiger partial charge in [0.1, 0.15) is 17.2 Å². The summed E-state index contributed by atoms with van der Waals surface area (Å²) in [5.41, 5.74) is 2.00. The zero-order valence-electron chi connectivity index (χ0n) is 19.3. The van der Waals surface area contributed by atoms with E-state index in [-0.39, 0.29) is 11.7 Å². The number of nitrogens with one attached hydrogen (secondary N) is 2. The lowest BCUT2D eigenvalue weighted by atomic mass is 10.1. The van der Waals surface area contributed by atoms with E-state index in [1.807, 2.05) is 30.5 Å². The van der Waals surface area contributed by atoms with Gasteiger partial charge in [-0.3, -0.25) is 4.99 Å². The van der Waals surface area contributed by atoms with Gasteiger partial charge >= 0.3 is 0 Å². The number of ether oxygens (including phenoxy) is 2. The SMILES string of the molecule is CN=C(NCc1ccnc(N2CCOC(C)C2)c1)NCc1ccccc1OC(C)(C)C. The third kappa shape index (κ3) is 7.14. The Morgan fingerprint density at radius 3 is 2.74 bits per heavy atom. The minimum absolute atomic E-state index is 0.227. The van der Waals surface area contributed by atoms with Crippen LogP contribution in [-0.2, 0) is 17.8 Å². The van der Waals surface area contributed by atoms with Gasteiger partial charge in [0.15, 0.2) is 5.96 Å². The summed E-state index contributed by atoms with van der Waals surface area (Å²) in [6.45, 7) is 12.0. The number of morpholine rings is 1. The smallest absolute Gasteiger partial charge is 0.191 e. The molecule has 0 aliphatic carbocycles. The van der Waals surface area contributed by atoms with Crippen LogP contribution in [0.15, 0.2) is 47.6 Å². The van der Waals surface area contributed by atoms with E-state index in [4.69, 9.17) is 9.47 Å². The van der Waals surface area contributed by atoms with Crippen molar-refractivity contribution in [2.75, 3.05) is 31.6 Å². The highest BCUT2D eigenvalue weighted by Crippen LogP contribution is 2.23. The molecule has 0 amide bonds. The van der Waals surface area contributed by atoms with Gasteiger partial charge in [-0.25, -0.2) is 4.98 Å². The highest BCUT2D eigenvalue weighted by molar-refractivity contribution is 5.79. The van der Waals surface area contributed by atoms with Gasteiger partial charge in [0.25, 0.3) is 0 Å². The third-order valence-corrected chi connectivity index (χ3v) is 4.89. The van der Waals surface area contributed by atoms with Crippen LogP contribution in [0.25, 0.3) is 0 Å². The number of benzene rings is 1. The van der Waals surface area contributed by atoms with Gasteiger partial charge in [0.2, 0.25) is 0 Å². The first-order valence-electron chi connectivity index (χ1n) is 10.9. The Kier molecular flexibility index (Phi) is 7.74. The van der Waals surface area contributed by atoms with E-state index >= 15 is 0 Å². The Bertz CT molecular complexity index is 878. The molecule has 1 aliphatic heterocycles. The number of hydrogen-bond acceptors (Lipinski definition) is 5. The number of anilines is 1. The second-order valence-corrected chi connectivity index (χ2v) is 8.75. The van der Waals surface area contributed by atoms with Crippen molar-refractivity contribution in [1.29, 1.82) is 0 Å². The second-order valence-electron chi connectivity index (χ2n) is 8.75. The molecular formula is C24H35N5O2. The lowest BCUT2D eigenvalue weighted by Crippen LogP contribution is -2.41. The number of aromatic nitrogens is 1. The summed E-state index contributed by atoms with van der Waals surface area (Å²) in [5, 5.41) is 6.77. The highest BCUT2D eigenvalue weighted by atomic mass is 16.5. The molecule has 7 nitrogen and oxygen atoms in total. The predicted molar refractivity (Wildman–Crippen MR) is 126 cm³/mol. The quantitative estimate of drug-likeness (QED) is 0.546. The zero-order valence-corrected chi connectivity index (χ0v) is 19.3. The minimum atomic E-state index is -0.243. The number of nitrogens with zero attached hydrogens (tertiary/aromatic N) is 3. The van der Waals surface area contributed by atoms with Crippen LogP contribution < -0.4 is 20.3 Å². The monoisotopic (exact) mass is 425 g/mol. The van der Waals surface area contributed by atoms with Crippen molar-refractivity contribution >= 4 is 11.8 Å². The van der Waals surface area contributed by atoms with Crippen LogP contribution in [0.5, 0.6) is 5.75 Å². The van der Waals surface area contributed by atoms with Gasteiger partial charge in [-0.05, 0) is 51.5 Å². The van der Waals surface area contributed by atoms with Crippen molar-refractivity contribution in [2.24, 2.45) is 4.99 Å². The molecular weight excluding hydrogens is 390 g/mol. The van der Waals surface area contributed by atoms with Crippen molar-refractivity contribution in [3.05, 3.63) is 53.7 Å². The van der Waals surface area contributed by atoms with Crippen LogP contribution in [-0.4, -0.2) is 49.4 Å². The first-order chi connectivity index (χ1) is 14.8. The summed E-state index contributed by atoms with van der Waals surface area (Å²) in [6.07, 6.45) is 2.09. The molecule has 0 saturated carbocycles. The lowest BCUT2D eigenvalue weighted by Gasteiger charge is -2.32. The number of rotatable bonds is 6. The number of hydrogen-bond donors (Lipinski definition) is 2. The molecule has 0 radical (unpaired) electrons. The normalized spacial score (nSPS) is 17.4. The average Bonchev–Trinajstić information content (AvgIpc) is 2.74. The Balaban J connectivity index is 1.57. The summed E-state index contributed by atoms with van der Waals surface area (Å²) in [7, 11) is 1.78. The van der Waals surface area contributed by atoms with Gasteiger partial charge in [0, 0.05) is 45.0 Å². The number of aliphatic imine (C=N–C) groups is 1. The molecule has 1 aromatic heterocycles. The summed E-state index contributed by atoms with van der Waals surface area (Å²) in [6, 6.07) is 12.2. The van der Waals surface area contributed by atoms with Gasteiger partial charge in [0.05, 0.1) is 12.7 Å². The van der Waals surface area contributed by atoms with Crippen LogP contribution in [0.4, 0.5) is 5.82 Å². The van der Waals surface area contributed by atoms with Crippen molar-refractivity contribution in [1.82, 2.24) is 15.6 Å². The molecule has 1 saturated heterocycles. The average molecular weight is 426 g/mol. The summed E-state index contributed by atoms with van der Waals surface area (Å²) in [4.78, 5) is 11.2. The minimum Gasteiger partial charge on any atom is -0.488 e. The molecule has 1 unspecified atom stereocenters. The van der Waals surface area contributed by atoms with E-state index in [1.54, 1.807) is 7.05 Å². The van der Waals surface area contributed by atoms with E-state index in [2.05, 4.69) is 65.3 Å². The molecule has 2 N–H and O–H groups in total. The van der Waals surface area contributed by atoms with Crippen molar-refractivity contribution in [2.45, 2.75) is 52.5 Å². The Morgan fingerprint density at radius 2 is 2.00 bits per heavy atom. The molecule has 7 heteroatoms. The fourth-order valence-electron chi connectivity index (χ4n) is 3.43. The number of para-hydroxylation sites is 1. The van der Waals surface area contributed by atoms with E-state index in [9.17, 15) is 0 Å². The maximum Gasteiger partial charge on any atom is 0.191 e. The third-order valence-electron chi connectivity index (χ3n) is 4.89. The summed E-state index contributed by atoms with van der Waals surface area (Å²) in [5.74, 6) is 2.62. The van der Waals surface area contributed by atoms with Crippen LogP contribution in [0, 0.1) is 0 Å². The highest BCUT2D eigenvalue weighted by Gasteiger charge is 2.18. The Labute approximate surface area is 185 Å². The Hall–Kier alpha value is -2.80.